The number of aryl methyl sites for hydroxylation is 1. The summed E-state index contributed by atoms with van der Waals surface area (Å²) >= 11 is 3.65. The Morgan fingerprint density at radius 1 is 1.30 bits per heavy atom. The lowest BCUT2D eigenvalue weighted by atomic mass is 9.85. The van der Waals surface area contributed by atoms with Crippen LogP contribution in [0.25, 0.3) is 11.3 Å². The number of H-pyrrole nitrogens is 1. The van der Waals surface area contributed by atoms with Gasteiger partial charge in [-0.15, -0.1) is 0 Å². The normalized spacial score (nSPS) is 11.9. The van der Waals surface area contributed by atoms with Crippen LogP contribution in [0.3, 0.4) is 0 Å². The summed E-state index contributed by atoms with van der Waals surface area (Å²) in [5, 5.41) is 10.7. The zero-order valence-corrected chi connectivity index (χ0v) is 14.4. The smallest absolute Gasteiger partial charge is 0.107 e. The Morgan fingerprint density at radius 2 is 2.00 bits per heavy atom. The number of rotatable bonds is 3. The van der Waals surface area contributed by atoms with E-state index >= 15 is 0 Å². The summed E-state index contributed by atoms with van der Waals surface area (Å²) in [5.41, 5.74) is 5.99. The standard InChI is InChI=1S/C16H22BrN3/c1-10-8-11(16(2,3)4)6-7-12(10)15-14(17)13(9-18-5)19-20-15/h6-8,18H,9H2,1-5H3,(H,19,20). The van der Waals surface area contributed by atoms with E-state index in [1.807, 2.05) is 7.05 Å². The lowest BCUT2D eigenvalue weighted by Gasteiger charge is -2.20. The molecule has 0 aliphatic rings. The van der Waals surface area contributed by atoms with Crippen molar-refractivity contribution in [2.75, 3.05) is 7.05 Å². The largest absolute Gasteiger partial charge is 0.314 e. The molecule has 0 atom stereocenters. The fourth-order valence-corrected chi connectivity index (χ4v) is 2.76. The molecule has 0 amide bonds. The Balaban J connectivity index is 2.44. The van der Waals surface area contributed by atoms with Crippen molar-refractivity contribution in [3.63, 3.8) is 0 Å². The quantitative estimate of drug-likeness (QED) is 0.883. The highest BCUT2D eigenvalue weighted by Gasteiger charge is 2.17. The van der Waals surface area contributed by atoms with Crippen LogP contribution < -0.4 is 5.32 Å². The number of benzene rings is 1. The van der Waals surface area contributed by atoms with Gasteiger partial charge in [-0.05, 0) is 46.4 Å². The van der Waals surface area contributed by atoms with Gasteiger partial charge in [0.25, 0.3) is 0 Å². The molecule has 0 unspecified atom stereocenters. The Hall–Kier alpha value is -1.13. The van der Waals surface area contributed by atoms with E-state index in [0.29, 0.717) is 0 Å². The Morgan fingerprint density at radius 3 is 2.55 bits per heavy atom. The Labute approximate surface area is 129 Å². The van der Waals surface area contributed by atoms with Gasteiger partial charge in [0.1, 0.15) is 5.69 Å². The van der Waals surface area contributed by atoms with Gasteiger partial charge in [0.2, 0.25) is 0 Å². The van der Waals surface area contributed by atoms with Crippen molar-refractivity contribution in [1.29, 1.82) is 0 Å². The molecule has 0 fully saturated rings. The summed E-state index contributed by atoms with van der Waals surface area (Å²) in [5.74, 6) is 0. The van der Waals surface area contributed by atoms with Crippen LogP contribution in [0.1, 0.15) is 37.6 Å². The van der Waals surface area contributed by atoms with Gasteiger partial charge < -0.3 is 5.32 Å². The molecule has 1 heterocycles. The van der Waals surface area contributed by atoms with Gasteiger partial charge in [-0.3, -0.25) is 5.10 Å². The van der Waals surface area contributed by atoms with Crippen molar-refractivity contribution >= 4 is 15.9 Å². The summed E-state index contributed by atoms with van der Waals surface area (Å²) in [6, 6.07) is 6.62. The van der Waals surface area contributed by atoms with E-state index < -0.39 is 0 Å². The molecule has 0 saturated heterocycles. The molecule has 0 aliphatic heterocycles. The van der Waals surface area contributed by atoms with Crippen molar-refractivity contribution in [3.05, 3.63) is 39.5 Å². The molecule has 108 valence electrons. The first-order chi connectivity index (χ1) is 9.34. The van der Waals surface area contributed by atoms with Crippen molar-refractivity contribution in [2.24, 2.45) is 0 Å². The van der Waals surface area contributed by atoms with Crippen LogP contribution in [0.2, 0.25) is 0 Å². The fraction of sp³-hybridized carbons (Fsp3) is 0.438. The minimum Gasteiger partial charge on any atom is -0.314 e. The van der Waals surface area contributed by atoms with Gasteiger partial charge in [0.05, 0.1) is 10.2 Å². The second-order valence-corrected chi connectivity index (χ2v) is 6.97. The van der Waals surface area contributed by atoms with Crippen LogP contribution in [0, 0.1) is 6.92 Å². The van der Waals surface area contributed by atoms with Gasteiger partial charge in [-0.1, -0.05) is 39.0 Å². The number of nitrogens with one attached hydrogen (secondary N) is 2. The maximum Gasteiger partial charge on any atom is 0.107 e. The van der Waals surface area contributed by atoms with E-state index in [1.54, 1.807) is 0 Å². The van der Waals surface area contributed by atoms with E-state index in [9.17, 15) is 0 Å². The zero-order valence-electron chi connectivity index (χ0n) is 12.8. The van der Waals surface area contributed by atoms with Crippen LogP contribution in [0.5, 0.6) is 0 Å². The molecule has 0 aliphatic carbocycles. The third-order valence-corrected chi connectivity index (χ3v) is 4.33. The van der Waals surface area contributed by atoms with Crippen LogP contribution in [-0.4, -0.2) is 17.2 Å². The summed E-state index contributed by atoms with van der Waals surface area (Å²) in [6.45, 7) is 9.61. The monoisotopic (exact) mass is 335 g/mol. The summed E-state index contributed by atoms with van der Waals surface area (Å²) in [6.07, 6.45) is 0. The highest BCUT2D eigenvalue weighted by Crippen LogP contribution is 2.33. The fourth-order valence-electron chi connectivity index (χ4n) is 2.23. The van der Waals surface area contributed by atoms with Crippen LogP contribution >= 0.6 is 15.9 Å². The molecule has 4 heteroatoms. The lowest BCUT2D eigenvalue weighted by molar-refractivity contribution is 0.590. The zero-order chi connectivity index (χ0) is 14.9. The lowest BCUT2D eigenvalue weighted by Crippen LogP contribution is -2.11. The molecule has 0 saturated carbocycles. The van der Waals surface area contributed by atoms with Gasteiger partial charge in [-0.25, -0.2) is 0 Å². The predicted molar refractivity (Wildman–Crippen MR) is 87.9 cm³/mol. The maximum atomic E-state index is 4.45. The van der Waals surface area contributed by atoms with Crippen molar-refractivity contribution < 1.29 is 0 Å². The van der Waals surface area contributed by atoms with Gasteiger partial charge in [-0.2, -0.15) is 5.10 Å². The molecule has 2 aromatic rings. The molecule has 1 aromatic heterocycles. The molecule has 1 aromatic carbocycles. The van der Waals surface area contributed by atoms with Crippen molar-refractivity contribution in [1.82, 2.24) is 15.5 Å². The molecule has 20 heavy (non-hydrogen) atoms. The van der Waals surface area contributed by atoms with Gasteiger partial charge >= 0.3 is 0 Å². The molecular weight excluding hydrogens is 314 g/mol. The average molecular weight is 336 g/mol. The molecular formula is C16H22BrN3. The minimum atomic E-state index is 0.170. The molecule has 0 bridgehead atoms. The second kappa shape index (κ2) is 5.70. The molecule has 2 N–H and O–H groups in total. The van der Waals surface area contributed by atoms with Crippen molar-refractivity contribution in [2.45, 2.75) is 39.7 Å². The number of halogens is 1. The first-order valence-electron chi connectivity index (χ1n) is 6.83. The highest BCUT2D eigenvalue weighted by atomic mass is 79.9. The van der Waals surface area contributed by atoms with Crippen LogP contribution in [-0.2, 0) is 12.0 Å². The maximum absolute atomic E-state index is 4.45. The molecule has 2 rings (SSSR count). The number of aromatic nitrogens is 2. The summed E-state index contributed by atoms with van der Waals surface area (Å²) < 4.78 is 1.04. The van der Waals surface area contributed by atoms with Crippen LogP contribution in [0.4, 0.5) is 0 Å². The average Bonchev–Trinajstić information content (AvgIpc) is 2.71. The predicted octanol–water partition coefficient (Wildman–Crippen LogP) is 4.16. The highest BCUT2D eigenvalue weighted by molar-refractivity contribution is 9.10. The van der Waals surface area contributed by atoms with E-state index in [-0.39, 0.29) is 5.41 Å². The van der Waals surface area contributed by atoms with E-state index in [4.69, 9.17) is 0 Å². The Kier molecular flexibility index (Phi) is 4.35. The third kappa shape index (κ3) is 2.96. The van der Waals surface area contributed by atoms with Crippen molar-refractivity contribution in [3.8, 4) is 11.3 Å². The molecule has 0 radical (unpaired) electrons. The number of nitrogens with zero attached hydrogens (tertiary/aromatic N) is 1. The molecule has 3 nitrogen and oxygen atoms in total. The van der Waals surface area contributed by atoms with Gasteiger partial charge in [0.15, 0.2) is 0 Å². The minimum absolute atomic E-state index is 0.170. The topological polar surface area (TPSA) is 40.7 Å². The SMILES string of the molecule is CNCc1[nH]nc(-c2ccc(C(C)(C)C)cc2C)c1Br. The third-order valence-electron chi connectivity index (χ3n) is 3.48. The van der Waals surface area contributed by atoms with E-state index in [2.05, 4.69) is 77.3 Å². The van der Waals surface area contributed by atoms with E-state index in [0.717, 1.165) is 22.4 Å². The second-order valence-electron chi connectivity index (χ2n) is 6.17. The number of aromatic amines is 1. The first-order valence-corrected chi connectivity index (χ1v) is 7.62. The summed E-state index contributed by atoms with van der Waals surface area (Å²) in [4.78, 5) is 0. The van der Waals surface area contributed by atoms with Crippen LogP contribution in [0.15, 0.2) is 22.7 Å². The summed E-state index contributed by atoms with van der Waals surface area (Å²) in [7, 11) is 1.93. The number of hydrogen-bond acceptors (Lipinski definition) is 2. The number of hydrogen-bond donors (Lipinski definition) is 2. The van der Waals surface area contributed by atoms with E-state index in [1.165, 1.54) is 16.7 Å². The molecule has 0 spiro atoms. The first kappa shape index (κ1) is 15.3. The van der Waals surface area contributed by atoms with Gasteiger partial charge in [0, 0.05) is 12.1 Å². The Bertz CT molecular complexity index is 609.